The highest BCUT2D eigenvalue weighted by atomic mass is 79.9. The zero-order valence-electron chi connectivity index (χ0n) is 8.15. The first-order valence-electron chi connectivity index (χ1n) is 5.02. The van der Waals surface area contributed by atoms with Crippen molar-refractivity contribution in [2.45, 2.75) is 45.4 Å². The van der Waals surface area contributed by atoms with Gasteiger partial charge in [0.05, 0.1) is 6.20 Å². The molecular weight excluding hydrogens is 228 g/mol. The molecule has 1 rings (SSSR count). The quantitative estimate of drug-likeness (QED) is 0.761. The number of aryl methyl sites for hydroxylation is 1. The van der Waals surface area contributed by atoms with Gasteiger partial charge in [0.1, 0.15) is 10.4 Å². The Hall–Kier alpha value is -0.310. The molecule has 1 aromatic rings. The molecule has 0 aliphatic heterocycles. The third kappa shape index (κ3) is 4.46. The van der Waals surface area contributed by atoms with E-state index in [2.05, 4.69) is 32.8 Å². The van der Waals surface area contributed by atoms with Crippen molar-refractivity contribution in [3.05, 3.63) is 16.6 Å². The van der Waals surface area contributed by atoms with Crippen molar-refractivity contribution in [3.63, 3.8) is 0 Å². The molecule has 0 radical (unpaired) electrons. The summed E-state index contributed by atoms with van der Waals surface area (Å²) in [7, 11) is 0. The Morgan fingerprint density at radius 3 is 2.69 bits per heavy atom. The minimum Gasteiger partial charge on any atom is -0.337 e. The number of aromatic nitrogens is 2. The van der Waals surface area contributed by atoms with Crippen LogP contribution >= 0.6 is 15.9 Å². The van der Waals surface area contributed by atoms with E-state index in [0.717, 1.165) is 16.8 Å². The van der Waals surface area contributed by atoms with Gasteiger partial charge in [-0.15, -0.1) is 0 Å². The van der Waals surface area contributed by atoms with E-state index in [4.69, 9.17) is 0 Å². The molecule has 0 spiro atoms. The van der Waals surface area contributed by atoms with Crippen LogP contribution < -0.4 is 0 Å². The average molecular weight is 245 g/mol. The van der Waals surface area contributed by atoms with Crippen molar-refractivity contribution in [1.82, 2.24) is 9.97 Å². The maximum atomic E-state index is 4.23. The summed E-state index contributed by atoms with van der Waals surface area (Å²) in [5.74, 6) is 1.10. The largest absolute Gasteiger partial charge is 0.337 e. The molecule has 13 heavy (non-hydrogen) atoms. The second-order valence-electron chi connectivity index (χ2n) is 3.34. The summed E-state index contributed by atoms with van der Waals surface area (Å²) in [6, 6.07) is 0. The normalized spacial score (nSPS) is 10.6. The van der Waals surface area contributed by atoms with Gasteiger partial charge in [0.2, 0.25) is 0 Å². The van der Waals surface area contributed by atoms with Gasteiger partial charge in [-0.1, -0.05) is 32.6 Å². The number of aromatic amines is 1. The molecule has 0 saturated heterocycles. The molecule has 1 heterocycles. The zero-order valence-corrected chi connectivity index (χ0v) is 9.73. The standard InChI is InChI=1S/C10H17BrN2/c1-2-3-4-5-6-7-10-12-8-9(11)13-10/h8H,2-7H2,1H3,(H,12,13). The first-order chi connectivity index (χ1) is 6.33. The van der Waals surface area contributed by atoms with Crippen molar-refractivity contribution in [1.29, 1.82) is 0 Å². The molecule has 0 bridgehead atoms. The lowest BCUT2D eigenvalue weighted by atomic mass is 10.1. The Bertz CT molecular complexity index is 233. The van der Waals surface area contributed by atoms with Crippen LogP contribution in [0.25, 0.3) is 0 Å². The Morgan fingerprint density at radius 2 is 2.08 bits per heavy atom. The number of halogens is 1. The molecule has 0 fully saturated rings. The van der Waals surface area contributed by atoms with E-state index < -0.39 is 0 Å². The van der Waals surface area contributed by atoms with Crippen LogP contribution in [0.1, 0.15) is 44.9 Å². The average Bonchev–Trinajstić information content (AvgIpc) is 2.51. The molecule has 74 valence electrons. The van der Waals surface area contributed by atoms with Crippen LogP contribution in [-0.4, -0.2) is 9.97 Å². The first-order valence-corrected chi connectivity index (χ1v) is 5.81. The highest BCUT2D eigenvalue weighted by Gasteiger charge is 1.97. The van der Waals surface area contributed by atoms with Crippen LogP contribution in [-0.2, 0) is 6.42 Å². The molecule has 0 atom stereocenters. The summed E-state index contributed by atoms with van der Waals surface area (Å²) >= 11 is 3.35. The van der Waals surface area contributed by atoms with Crippen molar-refractivity contribution < 1.29 is 0 Å². The van der Waals surface area contributed by atoms with E-state index in [1.807, 2.05) is 6.20 Å². The van der Waals surface area contributed by atoms with E-state index in [9.17, 15) is 0 Å². The summed E-state index contributed by atoms with van der Waals surface area (Å²) in [5.41, 5.74) is 0. The summed E-state index contributed by atoms with van der Waals surface area (Å²) in [6.45, 7) is 2.24. The van der Waals surface area contributed by atoms with E-state index >= 15 is 0 Å². The van der Waals surface area contributed by atoms with Gasteiger partial charge in [0, 0.05) is 6.42 Å². The first kappa shape index (κ1) is 10.8. The minimum absolute atomic E-state index is 0.982. The second-order valence-corrected chi connectivity index (χ2v) is 4.20. The predicted molar refractivity (Wildman–Crippen MR) is 58.8 cm³/mol. The number of hydrogen-bond donors (Lipinski definition) is 1. The maximum Gasteiger partial charge on any atom is 0.106 e. The van der Waals surface area contributed by atoms with Crippen molar-refractivity contribution >= 4 is 15.9 Å². The molecule has 3 heteroatoms. The fraction of sp³-hybridized carbons (Fsp3) is 0.700. The predicted octanol–water partition coefficient (Wildman–Crippen LogP) is 3.69. The highest BCUT2D eigenvalue weighted by Crippen LogP contribution is 2.09. The molecule has 0 aromatic carbocycles. The second kappa shape index (κ2) is 6.19. The number of rotatable bonds is 6. The van der Waals surface area contributed by atoms with Crippen LogP contribution in [0, 0.1) is 0 Å². The topological polar surface area (TPSA) is 28.7 Å². The maximum absolute atomic E-state index is 4.23. The molecule has 1 aromatic heterocycles. The van der Waals surface area contributed by atoms with Gasteiger partial charge in [-0.05, 0) is 22.4 Å². The lowest BCUT2D eigenvalue weighted by Gasteiger charge is -1.97. The van der Waals surface area contributed by atoms with E-state index in [1.54, 1.807) is 0 Å². The molecular formula is C10H17BrN2. The Kier molecular flexibility index (Phi) is 5.13. The van der Waals surface area contributed by atoms with Gasteiger partial charge in [0.15, 0.2) is 0 Å². The number of nitrogens with zero attached hydrogens (tertiary/aromatic N) is 1. The molecule has 2 nitrogen and oxygen atoms in total. The van der Waals surface area contributed by atoms with Gasteiger partial charge < -0.3 is 4.98 Å². The molecule has 1 N–H and O–H groups in total. The van der Waals surface area contributed by atoms with Crippen LogP contribution in [0.2, 0.25) is 0 Å². The fourth-order valence-corrected chi connectivity index (χ4v) is 1.69. The SMILES string of the molecule is CCCCCCCc1ncc(Br)[nH]1. The van der Waals surface area contributed by atoms with Gasteiger partial charge in [0.25, 0.3) is 0 Å². The molecule has 0 unspecified atom stereocenters. The number of nitrogens with one attached hydrogen (secondary N) is 1. The lowest BCUT2D eigenvalue weighted by Crippen LogP contribution is -1.88. The fourth-order valence-electron chi connectivity index (χ4n) is 1.36. The number of H-pyrrole nitrogens is 1. The molecule has 0 aliphatic rings. The van der Waals surface area contributed by atoms with E-state index in [0.29, 0.717) is 0 Å². The molecule has 0 saturated carbocycles. The van der Waals surface area contributed by atoms with Gasteiger partial charge in [-0.25, -0.2) is 4.98 Å². The lowest BCUT2D eigenvalue weighted by molar-refractivity contribution is 0.624. The number of unbranched alkanes of at least 4 members (excludes halogenated alkanes) is 4. The van der Waals surface area contributed by atoms with Crippen molar-refractivity contribution in [3.8, 4) is 0 Å². The van der Waals surface area contributed by atoms with Gasteiger partial charge >= 0.3 is 0 Å². The Morgan fingerprint density at radius 1 is 1.31 bits per heavy atom. The van der Waals surface area contributed by atoms with Crippen LogP contribution in [0.15, 0.2) is 10.8 Å². The van der Waals surface area contributed by atoms with E-state index in [1.165, 1.54) is 32.1 Å². The Balaban J connectivity index is 2.06. The number of imidazole rings is 1. The minimum atomic E-state index is 0.982. The van der Waals surface area contributed by atoms with Crippen LogP contribution in [0.4, 0.5) is 0 Å². The Labute approximate surface area is 88.3 Å². The molecule has 0 amide bonds. The summed E-state index contributed by atoms with van der Waals surface area (Å²) in [5, 5.41) is 0. The monoisotopic (exact) mass is 244 g/mol. The van der Waals surface area contributed by atoms with Gasteiger partial charge in [-0.3, -0.25) is 0 Å². The third-order valence-corrected chi connectivity index (χ3v) is 2.52. The summed E-state index contributed by atoms with van der Waals surface area (Å²) in [6.07, 6.45) is 9.51. The zero-order chi connectivity index (χ0) is 9.52. The van der Waals surface area contributed by atoms with Crippen molar-refractivity contribution in [2.75, 3.05) is 0 Å². The molecule has 0 aliphatic carbocycles. The summed E-state index contributed by atoms with van der Waals surface area (Å²) < 4.78 is 0.982. The smallest absolute Gasteiger partial charge is 0.106 e. The summed E-state index contributed by atoms with van der Waals surface area (Å²) in [4.78, 5) is 7.40. The third-order valence-electron chi connectivity index (χ3n) is 2.11. The van der Waals surface area contributed by atoms with Crippen molar-refractivity contribution in [2.24, 2.45) is 0 Å². The highest BCUT2D eigenvalue weighted by molar-refractivity contribution is 9.10. The van der Waals surface area contributed by atoms with Crippen LogP contribution in [0.3, 0.4) is 0 Å². The van der Waals surface area contributed by atoms with Crippen LogP contribution in [0.5, 0.6) is 0 Å². The number of hydrogen-bond acceptors (Lipinski definition) is 1. The van der Waals surface area contributed by atoms with E-state index in [-0.39, 0.29) is 0 Å². The van der Waals surface area contributed by atoms with Gasteiger partial charge in [-0.2, -0.15) is 0 Å².